The number of benzene rings is 2. The van der Waals surface area contributed by atoms with E-state index in [1.54, 1.807) is 22.9 Å². The van der Waals surface area contributed by atoms with E-state index in [0.29, 0.717) is 28.8 Å². The number of carbonyl (C=O) groups is 1. The van der Waals surface area contributed by atoms with Gasteiger partial charge in [0.15, 0.2) is 17.2 Å². The predicted octanol–water partition coefficient (Wildman–Crippen LogP) is 4.73. The summed E-state index contributed by atoms with van der Waals surface area (Å²) in [6, 6.07) is 11.2. The Labute approximate surface area is 206 Å². The van der Waals surface area contributed by atoms with E-state index < -0.39 is 6.09 Å². The fraction of sp³-hybridized carbons (Fsp3) is 0.407. The van der Waals surface area contributed by atoms with E-state index in [1.807, 2.05) is 52.2 Å². The molecule has 8 heteroatoms. The van der Waals surface area contributed by atoms with Gasteiger partial charge in [-0.05, 0) is 50.2 Å². The molecule has 0 aliphatic heterocycles. The molecule has 3 aromatic rings. The maximum atomic E-state index is 13.3. The fourth-order valence-electron chi connectivity index (χ4n) is 4.22. The van der Waals surface area contributed by atoms with Gasteiger partial charge in [-0.2, -0.15) is 0 Å². The maximum Gasteiger partial charge on any atom is 0.412 e. The minimum Gasteiger partial charge on any atom is -0.493 e. The van der Waals surface area contributed by atoms with Crippen molar-refractivity contribution < 1.29 is 19.0 Å². The molecule has 0 bridgehead atoms. The van der Waals surface area contributed by atoms with Crippen LogP contribution in [0.5, 0.6) is 17.2 Å². The van der Waals surface area contributed by atoms with E-state index in [4.69, 9.17) is 14.2 Å². The number of nitrogens with zero attached hydrogens (tertiary/aromatic N) is 2. The summed E-state index contributed by atoms with van der Waals surface area (Å²) < 4.78 is 18.2. The van der Waals surface area contributed by atoms with Crippen LogP contribution in [0, 0.1) is 0 Å². The topological polar surface area (TPSA) is 82.0 Å². The van der Waals surface area contributed by atoms with E-state index in [2.05, 4.69) is 10.2 Å². The second-order valence-corrected chi connectivity index (χ2v) is 8.68. The van der Waals surface area contributed by atoms with Crippen LogP contribution in [0.4, 0.5) is 4.79 Å². The lowest BCUT2D eigenvalue weighted by Crippen LogP contribution is -2.29. The van der Waals surface area contributed by atoms with Crippen molar-refractivity contribution in [1.82, 2.24) is 14.8 Å². The van der Waals surface area contributed by atoms with Crippen LogP contribution >= 0.6 is 0 Å². The zero-order valence-corrected chi connectivity index (χ0v) is 21.4. The first-order chi connectivity index (χ1) is 16.8. The Bertz CT molecular complexity index is 1230. The highest BCUT2D eigenvalue weighted by atomic mass is 16.6. The molecule has 0 aliphatic rings. The van der Waals surface area contributed by atoms with Crippen molar-refractivity contribution >= 4 is 16.9 Å². The third-order valence-electron chi connectivity index (χ3n) is 6.08. The van der Waals surface area contributed by atoms with Crippen LogP contribution in [0.1, 0.15) is 43.9 Å². The normalized spacial score (nSPS) is 11.2. The summed E-state index contributed by atoms with van der Waals surface area (Å²) in [6.07, 6.45) is 2.55. The fourth-order valence-corrected chi connectivity index (χ4v) is 4.22. The average Bonchev–Trinajstić information content (AvgIpc) is 2.85. The SMILES string of the molecule is CCC(CC)n1cc(OC(=O)NCc2ccccc2CN(C)C)c2cc(OC)c(OC)cc2c1=O. The van der Waals surface area contributed by atoms with Crippen LogP contribution in [0.15, 0.2) is 47.4 Å². The Hall–Kier alpha value is -3.52. The lowest BCUT2D eigenvalue weighted by atomic mass is 10.1. The molecule has 0 unspecified atom stereocenters. The van der Waals surface area contributed by atoms with Crippen molar-refractivity contribution in [3.63, 3.8) is 0 Å². The number of nitrogens with one attached hydrogen (secondary N) is 1. The first kappa shape index (κ1) is 26.1. The number of methoxy groups -OCH3 is 2. The van der Waals surface area contributed by atoms with E-state index in [9.17, 15) is 9.59 Å². The van der Waals surface area contributed by atoms with Crippen LogP contribution in [-0.4, -0.2) is 43.9 Å². The Balaban J connectivity index is 1.97. The molecule has 0 atom stereocenters. The number of aromatic nitrogens is 1. The number of amides is 1. The minimum atomic E-state index is -0.601. The second-order valence-electron chi connectivity index (χ2n) is 8.68. The van der Waals surface area contributed by atoms with Crippen LogP contribution in [0.25, 0.3) is 10.8 Å². The monoisotopic (exact) mass is 481 g/mol. The predicted molar refractivity (Wildman–Crippen MR) is 138 cm³/mol. The van der Waals surface area contributed by atoms with E-state index in [-0.39, 0.29) is 17.4 Å². The van der Waals surface area contributed by atoms with Gasteiger partial charge in [0, 0.05) is 24.5 Å². The van der Waals surface area contributed by atoms with Crippen molar-refractivity contribution in [2.75, 3.05) is 28.3 Å². The molecule has 0 saturated carbocycles. The highest BCUT2D eigenvalue weighted by molar-refractivity contribution is 5.92. The Morgan fingerprint density at radius 3 is 2.14 bits per heavy atom. The van der Waals surface area contributed by atoms with Gasteiger partial charge in [-0.3, -0.25) is 4.79 Å². The third-order valence-corrected chi connectivity index (χ3v) is 6.08. The summed E-state index contributed by atoms with van der Waals surface area (Å²) in [7, 11) is 7.04. The van der Waals surface area contributed by atoms with Crippen molar-refractivity contribution in [1.29, 1.82) is 0 Å². The van der Waals surface area contributed by atoms with Gasteiger partial charge in [-0.1, -0.05) is 38.1 Å². The summed E-state index contributed by atoms with van der Waals surface area (Å²) in [4.78, 5) is 28.3. The van der Waals surface area contributed by atoms with Gasteiger partial charge in [-0.25, -0.2) is 4.79 Å². The van der Waals surface area contributed by atoms with E-state index in [1.165, 1.54) is 14.2 Å². The first-order valence-electron chi connectivity index (χ1n) is 11.8. The smallest absolute Gasteiger partial charge is 0.412 e. The molecule has 0 radical (unpaired) electrons. The highest BCUT2D eigenvalue weighted by Gasteiger charge is 2.20. The number of rotatable bonds is 10. The summed E-state index contributed by atoms with van der Waals surface area (Å²) in [5, 5.41) is 3.73. The number of hydrogen-bond donors (Lipinski definition) is 1. The summed E-state index contributed by atoms with van der Waals surface area (Å²) in [6.45, 7) is 5.14. The van der Waals surface area contributed by atoms with Crippen LogP contribution in [0.3, 0.4) is 0 Å². The second kappa shape index (κ2) is 11.8. The molecule has 3 rings (SSSR count). The van der Waals surface area contributed by atoms with Gasteiger partial charge in [0.25, 0.3) is 5.56 Å². The number of pyridine rings is 1. The average molecular weight is 482 g/mol. The maximum absolute atomic E-state index is 13.3. The molecule has 8 nitrogen and oxygen atoms in total. The Morgan fingerprint density at radius 2 is 1.57 bits per heavy atom. The van der Waals surface area contributed by atoms with Crippen LogP contribution in [-0.2, 0) is 13.1 Å². The first-order valence-corrected chi connectivity index (χ1v) is 11.8. The molecule has 1 amide bonds. The minimum absolute atomic E-state index is 0.0247. The molecule has 188 valence electrons. The molecular weight excluding hydrogens is 446 g/mol. The summed E-state index contributed by atoms with van der Waals surface area (Å²) in [5.41, 5.74) is 1.97. The lowest BCUT2D eigenvalue weighted by Gasteiger charge is -2.20. The molecule has 1 N–H and O–H groups in total. The quantitative estimate of drug-likeness (QED) is 0.451. The number of carbonyl (C=O) groups excluding carboxylic acids is 1. The molecule has 0 spiro atoms. The van der Waals surface area contributed by atoms with Gasteiger partial charge in [-0.15, -0.1) is 0 Å². The van der Waals surface area contributed by atoms with E-state index >= 15 is 0 Å². The standard InChI is InChI=1S/C27H35N3O5/c1-7-20(8-2)30-17-25(21-13-23(33-5)24(34-6)14-22(21)26(30)31)35-27(32)28-15-18-11-9-10-12-19(18)16-29(3)4/h9-14,17,20H,7-8,15-16H2,1-6H3,(H,28,32). The van der Waals surface area contributed by atoms with Crippen molar-refractivity contribution in [3.05, 3.63) is 64.1 Å². The highest BCUT2D eigenvalue weighted by Crippen LogP contribution is 2.35. The van der Waals surface area contributed by atoms with Crippen molar-refractivity contribution in [2.45, 2.75) is 45.8 Å². The zero-order valence-electron chi connectivity index (χ0n) is 21.4. The van der Waals surface area contributed by atoms with E-state index in [0.717, 1.165) is 30.5 Å². The van der Waals surface area contributed by atoms with Gasteiger partial charge in [0.1, 0.15) is 0 Å². The van der Waals surface area contributed by atoms with Crippen molar-refractivity contribution in [2.24, 2.45) is 0 Å². The van der Waals surface area contributed by atoms with Gasteiger partial charge in [0.05, 0.1) is 25.8 Å². The molecule has 0 fully saturated rings. The molecule has 2 aromatic carbocycles. The molecule has 35 heavy (non-hydrogen) atoms. The molecule has 1 aromatic heterocycles. The number of fused-ring (bicyclic) bond motifs is 1. The van der Waals surface area contributed by atoms with Crippen LogP contribution < -0.4 is 25.1 Å². The molecule has 1 heterocycles. The third kappa shape index (κ3) is 5.95. The molecular formula is C27H35N3O5. The van der Waals surface area contributed by atoms with Crippen LogP contribution in [0.2, 0.25) is 0 Å². The van der Waals surface area contributed by atoms with Gasteiger partial charge < -0.3 is 29.0 Å². The number of ether oxygens (including phenoxy) is 3. The Kier molecular flexibility index (Phi) is 8.76. The Morgan fingerprint density at radius 1 is 0.971 bits per heavy atom. The summed E-state index contributed by atoms with van der Waals surface area (Å²) >= 11 is 0. The summed E-state index contributed by atoms with van der Waals surface area (Å²) in [5.74, 6) is 1.17. The lowest BCUT2D eigenvalue weighted by molar-refractivity contribution is 0.200. The molecule has 0 saturated heterocycles. The van der Waals surface area contributed by atoms with Gasteiger partial charge in [0.2, 0.25) is 0 Å². The molecule has 0 aliphatic carbocycles. The number of hydrogen-bond acceptors (Lipinski definition) is 6. The zero-order chi connectivity index (χ0) is 25.5. The van der Waals surface area contributed by atoms with Gasteiger partial charge >= 0.3 is 6.09 Å². The largest absolute Gasteiger partial charge is 0.493 e. The van der Waals surface area contributed by atoms with Crippen molar-refractivity contribution in [3.8, 4) is 17.2 Å².